The molecule has 1 N–H and O–H groups in total. The van der Waals surface area contributed by atoms with Crippen LogP contribution in [0, 0.1) is 6.92 Å². The first kappa shape index (κ1) is 20.7. The van der Waals surface area contributed by atoms with Gasteiger partial charge >= 0.3 is 5.91 Å². The van der Waals surface area contributed by atoms with Crippen molar-refractivity contribution in [3.8, 4) is 17.4 Å². The first-order valence-electron chi connectivity index (χ1n) is 9.13. The number of aromatic nitrogens is 1. The van der Waals surface area contributed by atoms with Crippen molar-refractivity contribution in [3.63, 3.8) is 0 Å². The van der Waals surface area contributed by atoms with Crippen LogP contribution in [0.4, 0.5) is 5.69 Å². The number of aryl methyl sites for hydroxylation is 2. The molecule has 0 aliphatic carbocycles. The second-order valence-electron chi connectivity index (χ2n) is 6.51. The lowest BCUT2D eigenvalue weighted by atomic mass is 10.2. The molecule has 1 heterocycles. The van der Waals surface area contributed by atoms with Crippen molar-refractivity contribution in [2.45, 2.75) is 33.4 Å². The fourth-order valence-electron chi connectivity index (χ4n) is 3.01. The summed E-state index contributed by atoms with van der Waals surface area (Å²) in [7, 11) is 1.56. The van der Waals surface area contributed by atoms with Gasteiger partial charge in [-0.15, -0.1) is 10.2 Å². The van der Waals surface area contributed by atoms with Crippen LogP contribution in [0.25, 0.3) is 10.9 Å². The standard InChI is InChI=1S/C21H22ClN3O4/c1-5-25-17-8-7-15(28-4)11-16(17)19(21(25)27)23-24-20(26)13(3)29-18-9-6-14(22)10-12(18)2/h6-11,13,27H,5H2,1-4H3. The van der Waals surface area contributed by atoms with Crippen LogP contribution in [-0.4, -0.2) is 28.8 Å². The van der Waals surface area contributed by atoms with Crippen molar-refractivity contribution < 1.29 is 19.4 Å². The number of amides is 1. The van der Waals surface area contributed by atoms with E-state index in [9.17, 15) is 9.90 Å². The van der Waals surface area contributed by atoms with Crippen LogP contribution in [-0.2, 0) is 11.3 Å². The summed E-state index contributed by atoms with van der Waals surface area (Å²) in [5.41, 5.74) is 1.79. The molecule has 0 aliphatic rings. The largest absolute Gasteiger partial charge is 0.497 e. The van der Waals surface area contributed by atoms with E-state index in [2.05, 4.69) is 10.2 Å². The van der Waals surface area contributed by atoms with Gasteiger partial charge in [-0.1, -0.05) is 11.6 Å². The molecule has 29 heavy (non-hydrogen) atoms. The van der Waals surface area contributed by atoms with Crippen molar-refractivity contribution in [2.75, 3.05) is 7.11 Å². The number of rotatable bonds is 6. The molecule has 0 spiro atoms. The van der Waals surface area contributed by atoms with Crippen LogP contribution < -0.4 is 9.47 Å². The van der Waals surface area contributed by atoms with Gasteiger partial charge in [-0.05, 0) is 62.7 Å². The minimum absolute atomic E-state index is 0.0607. The zero-order valence-corrected chi connectivity index (χ0v) is 17.4. The van der Waals surface area contributed by atoms with Gasteiger partial charge in [0.05, 0.1) is 12.6 Å². The Kier molecular flexibility index (Phi) is 6.08. The molecule has 1 unspecified atom stereocenters. The summed E-state index contributed by atoms with van der Waals surface area (Å²) in [6.45, 7) is 5.87. The number of methoxy groups -OCH3 is 1. The van der Waals surface area contributed by atoms with Crippen molar-refractivity contribution in [2.24, 2.45) is 10.2 Å². The number of ether oxygens (including phenoxy) is 2. The van der Waals surface area contributed by atoms with E-state index in [-0.39, 0.29) is 11.6 Å². The minimum Gasteiger partial charge on any atom is -0.497 e. The monoisotopic (exact) mass is 415 g/mol. The molecule has 8 heteroatoms. The number of nitrogens with zero attached hydrogens (tertiary/aromatic N) is 3. The van der Waals surface area contributed by atoms with Crippen molar-refractivity contribution in [1.82, 2.24) is 4.57 Å². The Balaban J connectivity index is 1.87. The molecule has 1 atom stereocenters. The third-order valence-electron chi connectivity index (χ3n) is 4.57. The molecule has 0 radical (unpaired) electrons. The van der Waals surface area contributed by atoms with Crippen LogP contribution in [0.3, 0.4) is 0 Å². The SMILES string of the molecule is CCn1c(O)c(N=NC(=O)C(C)Oc2ccc(Cl)cc2C)c2cc(OC)ccc21. The third kappa shape index (κ3) is 4.19. The summed E-state index contributed by atoms with van der Waals surface area (Å²) in [4.78, 5) is 12.4. The molecule has 2 aromatic carbocycles. The second-order valence-corrected chi connectivity index (χ2v) is 6.94. The molecular formula is C21H22ClN3O4. The van der Waals surface area contributed by atoms with Gasteiger partial charge in [0.15, 0.2) is 11.8 Å². The number of fused-ring (bicyclic) bond motifs is 1. The summed E-state index contributed by atoms with van der Waals surface area (Å²) in [5, 5.41) is 19.6. The average Bonchev–Trinajstić information content (AvgIpc) is 2.97. The second kappa shape index (κ2) is 8.53. The number of aromatic hydroxyl groups is 1. The first-order chi connectivity index (χ1) is 13.8. The maximum atomic E-state index is 12.4. The highest BCUT2D eigenvalue weighted by molar-refractivity contribution is 6.30. The summed E-state index contributed by atoms with van der Waals surface area (Å²) in [6, 6.07) is 10.5. The van der Waals surface area contributed by atoms with Crippen LogP contribution >= 0.6 is 11.6 Å². The van der Waals surface area contributed by atoms with E-state index in [1.165, 1.54) is 0 Å². The summed E-state index contributed by atoms with van der Waals surface area (Å²) >= 11 is 5.94. The summed E-state index contributed by atoms with van der Waals surface area (Å²) < 4.78 is 12.6. The summed E-state index contributed by atoms with van der Waals surface area (Å²) in [6.07, 6.45) is -0.852. The molecule has 7 nitrogen and oxygen atoms in total. The van der Waals surface area contributed by atoms with E-state index in [1.807, 2.05) is 19.9 Å². The lowest BCUT2D eigenvalue weighted by Crippen LogP contribution is -2.21. The topological polar surface area (TPSA) is 85.4 Å². The average molecular weight is 416 g/mol. The van der Waals surface area contributed by atoms with E-state index in [0.717, 1.165) is 11.1 Å². The molecular weight excluding hydrogens is 394 g/mol. The van der Waals surface area contributed by atoms with Gasteiger partial charge in [0, 0.05) is 17.0 Å². The fourth-order valence-corrected chi connectivity index (χ4v) is 3.24. The van der Waals surface area contributed by atoms with Gasteiger partial charge in [-0.3, -0.25) is 4.79 Å². The third-order valence-corrected chi connectivity index (χ3v) is 4.81. The summed E-state index contributed by atoms with van der Waals surface area (Å²) in [5.74, 6) is 0.525. The van der Waals surface area contributed by atoms with E-state index in [1.54, 1.807) is 48.9 Å². The normalized spacial score (nSPS) is 12.4. The van der Waals surface area contributed by atoms with Gasteiger partial charge < -0.3 is 19.1 Å². The van der Waals surface area contributed by atoms with Crippen molar-refractivity contribution in [1.29, 1.82) is 0 Å². The molecule has 152 valence electrons. The van der Waals surface area contributed by atoms with E-state index in [4.69, 9.17) is 21.1 Å². The zero-order valence-electron chi connectivity index (χ0n) is 16.6. The van der Waals surface area contributed by atoms with Gasteiger partial charge in [-0.2, -0.15) is 0 Å². The Morgan fingerprint density at radius 2 is 2.03 bits per heavy atom. The molecule has 1 aromatic heterocycles. The Morgan fingerprint density at radius 3 is 2.69 bits per heavy atom. The highest BCUT2D eigenvalue weighted by atomic mass is 35.5. The fraction of sp³-hybridized carbons (Fsp3) is 0.286. The van der Waals surface area contributed by atoms with Gasteiger partial charge in [-0.25, -0.2) is 0 Å². The molecule has 0 aliphatic heterocycles. The molecule has 0 saturated carbocycles. The predicted molar refractivity (Wildman–Crippen MR) is 112 cm³/mol. The Morgan fingerprint density at radius 1 is 1.28 bits per heavy atom. The molecule has 3 rings (SSSR count). The van der Waals surface area contributed by atoms with E-state index < -0.39 is 12.0 Å². The van der Waals surface area contributed by atoms with Crippen molar-refractivity contribution >= 4 is 34.1 Å². The van der Waals surface area contributed by atoms with Gasteiger partial charge in [0.1, 0.15) is 11.5 Å². The minimum atomic E-state index is -0.852. The number of halogens is 1. The number of azo groups is 1. The highest BCUT2D eigenvalue weighted by Gasteiger charge is 2.19. The van der Waals surface area contributed by atoms with Crippen LogP contribution in [0.1, 0.15) is 19.4 Å². The lowest BCUT2D eigenvalue weighted by molar-refractivity contribution is -0.124. The molecule has 0 bridgehead atoms. The highest BCUT2D eigenvalue weighted by Crippen LogP contribution is 2.40. The lowest BCUT2D eigenvalue weighted by Gasteiger charge is -2.13. The number of carbonyl (C=O) groups excluding carboxylic acids is 1. The van der Waals surface area contributed by atoms with Crippen LogP contribution in [0.5, 0.6) is 17.4 Å². The molecule has 0 fully saturated rings. The van der Waals surface area contributed by atoms with Crippen LogP contribution in [0.2, 0.25) is 5.02 Å². The Labute approximate surface area is 173 Å². The Bertz CT molecular complexity index is 1090. The first-order valence-corrected chi connectivity index (χ1v) is 9.51. The Hall–Kier alpha value is -3.06. The maximum absolute atomic E-state index is 12.4. The molecule has 1 amide bonds. The van der Waals surface area contributed by atoms with Crippen LogP contribution in [0.15, 0.2) is 46.6 Å². The van der Waals surface area contributed by atoms with Gasteiger partial charge in [0.2, 0.25) is 5.88 Å². The maximum Gasteiger partial charge on any atom is 0.304 e. The number of benzene rings is 2. The smallest absolute Gasteiger partial charge is 0.304 e. The predicted octanol–water partition coefficient (Wildman–Crippen LogP) is 5.42. The number of carbonyl (C=O) groups is 1. The van der Waals surface area contributed by atoms with Crippen molar-refractivity contribution in [3.05, 3.63) is 47.0 Å². The van der Waals surface area contributed by atoms with Gasteiger partial charge in [0.25, 0.3) is 0 Å². The zero-order chi connectivity index (χ0) is 21.1. The quantitative estimate of drug-likeness (QED) is 0.545. The molecule has 0 saturated heterocycles. The number of hydrogen-bond donors (Lipinski definition) is 1. The number of hydrogen-bond acceptors (Lipinski definition) is 5. The van der Waals surface area contributed by atoms with E-state index >= 15 is 0 Å². The molecule has 3 aromatic rings. The van der Waals surface area contributed by atoms with E-state index in [0.29, 0.717) is 28.5 Å².